The van der Waals surface area contributed by atoms with Crippen molar-refractivity contribution in [2.24, 2.45) is 0 Å². The van der Waals surface area contributed by atoms with E-state index in [2.05, 4.69) is 6.07 Å². The minimum atomic E-state index is -1.25. The van der Waals surface area contributed by atoms with Crippen molar-refractivity contribution >= 4 is 17.3 Å². The third-order valence-corrected chi connectivity index (χ3v) is 4.12. The number of carbonyl (C=O) groups is 1. The summed E-state index contributed by atoms with van der Waals surface area (Å²) in [5.41, 5.74) is 1.63. The summed E-state index contributed by atoms with van der Waals surface area (Å²) in [6.45, 7) is 1.62. The second-order valence-corrected chi connectivity index (χ2v) is 4.91. The third kappa shape index (κ3) is 2.30. The number of thiophene rings is 1. The highest BCUT2D eigenvalue weighted by Gasteiger charge is 2.16. The Balaban J connectivity index is 2.58. The summed E-state index contributed by atoms with van der Waals surface area (Å²) in [4.78, 5) is 11.7. The monoisotopic (exact) mass is 272 g/mol. The summed E-state index contributed by atoms with van der Waals surface area (Å²) >= 11 is 1.06. The van der Waals surface area contributed by atoms with Gasteiger partial charge >= 0.3 is 0 Å². The van der Waals surface area contributed by atoms with Gasteiger partial charge in [0.25, 0.3) is 0 Å². The van der Waals surface area contributed by atoms with Crippen LogP contribution in [0.15, 0.2) is 24.3 Å². The van der Waals surface area contributed by atoms with Crippen LogP contribution in [0, 0.1) is 18.3 Å². The molecule has 2 aromatic rings. The number of carboxylic acids is 1. The van der Waals surface area contributed by atoms with Gasteiger partial charge in [-0.1, -0.05) is 0 Å². The van der Waals surface area contributed by atoms with Gasteiger partial charge in [-0.25, -0.2) is 0 Å². The standard InChI is InChI=1S/C14H11NO3S/c1-8-11(7-15)13(19-12(8)14(16)17)9-3-5-10(18-2)6-4-9/h3-6H,1-2H3,(H,16,17)/p-1. The average Bonchev–Trinajstić information content (AvgIpc) is 2.76. The number of aromatic carboxylic acids is 1. The van der Waals surface area contributed by atoms with Crippen LogP contribution in [-0.4, -0.2) is 13.1 Å². The van der Waals surface area contributed by atoms with E-state index in [1.807, 2.05) is 0 Å². The Morgan fingerprint density at radius 3 is 2.47 bits per heavy atom. The molecule has 4 nitrogen and oxygen atoms in total. The van der Waals surface area contributed by atoms with Gasteiger partial charge in [-0.15, -0.1) is 11.3 Å². The smallest absolute Gasteiger partial charge is 0.118 e. The summed E-state index contributed by atoms with van der Waals surface area (Å²) in [6, 6.07) is 9.18. The van der Waals surface area contributed by atoms with Crippen molar-refractivity contribution < 1.29 is 14.6 Å². The minimum Gasteiger partial charge on any atom is -0.544 e. The Kier molecular flexibility index (Phi) is 3.54. The molecule has 0 aliphatic rings. The number of rotatable bonds is 3. The van der Waals surface area contributed by atoms with E-state index in [9.17, 15) is 15.2 Å². The molecule has 1 aromatic carbocycles. The zero-order valence-electron chi connectivity index (χ0n) is 10.4. The third-order valence-electron chi connectivity index (χ3n) is 2.80. The molecule has 5 heteroatoms. The number of nitrogens with zero attached hydrogens (tertiary/aromatic N) is 1. The zero-order valence-corrected chi connectivity index (χ0v) is 11.2. The van der Waals surface area contributed by atoms with Crippen LogP contribution in [-0.2, 0) is 0 Å². The first-order valence-corrected chi connectivity index (χ1v) is 6.29. The number of methoxy groups -OCH3 is 1. The molecule has 0 radical (unpaired) electrons. The number of benzene rings is 1. The quantitative estimate of drug-likeness (QED) is 0.856. The molecule has 0 spiro atoms. The van der Waals surface area contributed by atoms with Crippen LogP contribution in [0.4, 0.5) is 0 Å². The van der Waals surface area contributed by atoms with Crippen LogP contribution in [0.3, 0.4) is 0 Å². The van der Waals surface area contributed by atoms with E-state index >= 15 is 0 Å². The van der Waals surface area contributed by atoms with Gasteiger partial charge in [0, 0.05) is 0 Å². The van der Waals surface area contributed by atoms with Gasteiger partial charge in [-0.05, 0) is 42.3 Å². The topological polar surface area (TPSA) is 73.2 Å². The van der Waals surface area contributed by atoms with E-state index in [0.717, 1.165) is 16.9 Å². The molecule has 1 aromatic heterocycles. The predicted molar refractivity (Wildman–Crippen MR) is 70.1 cm³/mol. The Hall–Kier alpha value is -2.32. The molecule has 0 saturated heterocycles. The van der Waals surface area contributed by atoms with Crippen molar-refractivity contribution in [2.75, 3.05) is 7.11 Å². The Bertz CT molecular complexity index is 665. The first-order valence-electron chi connectivity index (χ1n) is 5.47. The van der Waals surface area contributed by atoms with Crippen molar-refractivity contribution in [1.29, 1.82) is 5.26 Å². The number of carbonyl (C=O) groups excluding carboxylic acids is 1. The first kappa shape index (κ1) is 13.1. The minimum absolute atomic E-state index is 0.0994. The van der Waals surface area contributed by atoms with Gasteiger partial charge in [-0.2, -0.15) is 5.26 Å². The molecule has 1 heterocycles. The lowest BCUT2D eigenvalue weighted by atomic mass is 10.1. The Morgan fingerprint density at radius 2 is 2.00 bits per heavy atom. The highest BCUT2D eigenvalue weighted by Crippen LogP contribution is 2.36. The molecule has 0 N–H and O–H groups in total. The summed E-state index contributed by atoms with van der Waals surface area (Å²) in [6.07, 6.45) is 0. The van der Waals surface area contributed by atoms with E-state index < -0.39 is 5.97 Å². The van der Waals surface area contributed by atoms with E-state index in [1.54, 1.807) is 38.3 Å². The normalized spacial score (nSPS) is 9.95. The number of hydrogen-bond donors (Lipinski definition) is 0. The molecule has 19 heavy (non-hydrogen) atoms. The maximum Gasteiger partial charge on any atom is 0.118 e. The van der Waals surface area contributed by atoms with Gasteiger partial charge in [0.1, 0.15) is 11.8 Å². The Morgan fingerprint density at radius 1 is 1.37 bits per heavy atom. The number of nitriles is 1. The molecule has 0 amide bonds. The van der Waals surface area contributed by atoms with E-state index in [0.29, 0.717) is 21.8 Å². The zero-order chi connectivity index (χ0) is 14.0. The van der Waals surface area contributed by atoms with Crippen molar-refractivity contribution in [3.63, 3.8) is 0 Å². The summed E-state index contributed by atoms with van der Waals surface area (Å²) in [7, 11) is 1.57. The largest absolute Gasteiger partial charge is 0.544 e. The lowest BCUT2D eigenvalue weighted by Gasteiger charge is -2.02. The molecule has 96 valence electrons. The van der Waals surface area contributed by atoms with Gasteiger partial charge in [0.15, 0.2) is 0 Å². The van der Waals surface area contributed by atoms with Crippen molar-refractivity contribution in [1.82, 2.24) is 0 Å². The fourth-order valence-electron chi connectivity index (χ4n) is 1.79. The molecule has 0 aliphatic heterocycles. The molecule has 0 fully saturated rings. The van der Waals surface area contributed by atoms with Gasteiger partial charge in [-0.3, -0.25) is 0 Å². The van der Waals surface area contributed by atoms with Gasteiger partial charge in [0.05, 0.1) is 28.4 Å². The van der Waals surface area contributed by atoms with Crippen LogP contribution < -0.4 is 9.84 Å². The molecular formula is C14H10NO3S-. The fourth-order valence-corrected chi connectivity index (χ4v) is 2.89. The lowest BCUT2D eigenvalue weighted by molar-refractivity contribution is -0.254. The van der Waals surface area contributed by atoms with Gasteiger partial charge in [0.2, 0.25) is 0 Å². The molecule has 0 bridgehead atoms. The predicted octanol–water partition coefficient (Wildman–Crippen LogP) is 1.97. The maximum atomic E-state index is 11.0. The van der Waals surface area contributed by atoms with Crippen LogP contribution in [0.5, 0.6) is 5.75 Å². The highest BCUT2D eigenvalue weighted by atomic mass is 32.1. The molecule has 0 unspecified atom stereocenters. The summed E-state index contributed by atoms with van der Waals surface area (Å²) in [5, 5.41) is 20.2. The maximum absolute atomic E-state index is 11.0. The van der Waals surface area contributed by atoms with Crippen molar-refractivity contribution in [3.8, 4) is 22.3 Å². The first-order chi connectivity index (χ1) is 9.08. The molecule has 0 aliphatic carbocycles. The van der Waals surface area contributed by atoms with Crippen LogP contribution in [0.1, 0.15) is 20.8 Å². The van der Waals surface area contributed by atoms with Crippen LogP contribution in [0.2, 0.25) is 0 Å². The second kappa shape index (κ2) is 5.12. The Labute approximate surface area is 114 Å². The molecule has 2 rings (SSSR count). The second-order valence-electron chi connectivity index (χ2n) is 3.89. The van der Waals surface area contributed by atoms with E-state index in [1.165, 1.54) is 0 Å². The molecular weight excluding hydrogens is 262 g/mol. The SMILES string of the molecule is COc1ccc(-c2sc(C(=O)[O-])c(C)c2C#N)cc1. The number of hydrogen-bond acceptors (Lipinski definition) is 5. The molecule has 0 saturated carbocycles. The van der Waals surface area contributed by atoms with E-state index in [-0.39, 0.29) is 4.88 Å². The van der Waals surface area contributed by atoms with Crippen molar-refractivity contribution in [2.45, 2.75) is 6.92 Å². The van der Waals surface area contributed by atoms with Crippen LogP contribution >= 0.6 is 11.3 Å². The highest BCUT2D eigenvalue weighted by molar-refractivity contribution is 7.17. The average molecular weight is 272 g/mol. The van der Waals surface area contributed by atoms with Crippen molar-refractivity contribution in [3.05, 3.63) is 40.3 Å². The van der Waals surface area contributed by atoms with E-state index in [4.69, 9.17) is 4.74 Å². The summed E-state index contributed by atoms with van der Waals surface area (Å²) in [5.74, 6) is -0.547. The van der Waals surface area contributed by atoms with Crippen LogP contribution in [0.25, 0.3) is 10.4 Å². The lowest BCUT2D eigenvalue weighted by Crippen LogP contribution is -2.21. The van der Waals surface area contributed by atoms with Gasteiger partial charge < -0.3 is 14.6 Å². The molecule has 0 atom stereocenters. The summed E-state index contributed by atoms with van der Waals surface area (Å²) < 4.78 is 5.06. The fraction of sp³-hybridized carbons (Fsp3) is 0.143. The number of carboxylic acid groups (broad SMARTS) is 1. The number of ether oxygens (including phenoxy) is 1.